The average Bonchev–Trinajstić information content (AvgIpc) is 2.73. The zero-order valence-electron chi connectivity index (χ0n) is 20.1. The quantitative estimate of drug-likeness (QED) is 0.213. The van der Waals surface area contributed by atoms with Gasteiger partial charge in [-0.2, -0.15) is 0 Å². The highest BCUT2D eigenvalue weighted by atomic mass is 127. The Morgan fingerprint density at radius 2 is 1.59 bits per heavy atom. The lowest BCUT2D eigenvalue weighted by atomic mass is 10.0. The summed E-state index contributed by atoms with van der Waals surface area (Å²) < 4.78 is 5.10. The van der Waals surface area contributed by atoms with Gasteiger partial charge in [0.1, 0.15) is 6.54 Å². The van der Waals surface area contributed by atoms with Gasteiger partial charge in [-0.25, -0.2) is 9.79 Å². The molecule has 0 aromatic rings. The Kier molecular flexibility index (Phi) is 13.0. The van der Waals surface area contributed by atoms with E-state index in [0.717, 1.165) is 45.3 Å². The smallest absolute Gasteiger partial charge is 0.409 e. The predicted octanol–water partition coefficient (Wildman–Crippen LogP) is 1.89. The fraction of sp³-hybridized carbons (Fsp3) is 0.773. The van der Waals surface area contributed by atoms with Gasteiger partial charge >= 0.3 is 6.09 Å². The van der Waals surface area contributed by atoms with Crippen LogP contribution in [0.3, 0.4) is 0 Å². The van der Waals surface area contributed by atoms with E-state index in [9.17, 15) is 9.59 Å². The van der Waals surface area contributed by atoms with Crippen molar-refractivity contribution in [2.24, 2.45) is 4.99 Å². The number of likely N-dealkylation sites (tertiary alicyclic amines) is 2. The molecule has 0 saturated carbocycles. The summed E-state index contributed by atoms with van der Waals surface area (Å²) in [5.74, 6) is 0.651. The molecular weight excluding hydrogens is 523 g/mol. The maximum absolute atomic E-state index is 12.0. The van der Waals surface area contributed by atoms with E-state index in [-0.39, 0.29) is 48.6 Å². The SMILES string of the molecule is C=C(C)CN1CCC(NC(=NCC(=O)N(C)C)NC2CCN(C(=O)OCC)CC2)CC1.I. The third-order valence-corrected chi connectivity index (χ3v) is 5.65. The molecule has 0 aromatic carbocycles. The molecule has 2 aliphatic rings. The number of halogens is 1. The first-order chi connectivity index (χ1) is 14.8. The Bertz CT molecular complexity index is 642. The second kappa shape index (κ2) is 14.6. The fourth-order valence-electron chi connectivity index (χ4n) is 3.85. The Balaban J connectivity index is 0.00000512. The van der Waals surface area contributed by atoms with Gasteiger partial charge in [0.25, 0.3) is 0 Å². The first-order valence-corrected chi connectivity index (χ1v) is 11.3. The lowest BCUT2D eigenvalue weighted by Gasteiger charge is -2.35. The summed E-state index contributed by atoms with van der Waals surface area (Å²) in [4.78, 5) is 34.2. The molecule has 0 aliphatic carbocycles. The van der Waals surface area contributed by atoms with Crippen molar-refractivity contribution >= 4 is 41.9 Å². The average molecular weight is 565 g/mol. The van der Waals surface area contributed by atoms with Crippen LogP contribution < -0.4 is 10.6 Å². The third-order valence-electron chi connectivity index (χ3n) is 5.65. The molecule has 2 rings (SSSR count). The molecule has 2 N–H and O–H groups in total. The van der Waals surface area contributed by atoms with Crippen LogP contribution in [0.4, 0.5) is 4.79 Å². The summed E-state index contributed by atoms with van der Waals surface area (Å²) in [5.41, 5.74) is 1.19. The van der Waals surface area contributed by atoms with Gasteiger partial charge in [0, 0.05) is 58.9 Å². The molecule has 184 valence electrons. The molecule has 0 radical (unpaired) electrons. The van der Waals surface area contributed by atoms with Gasteiger partial charge in [0.2, 0.25) is 5.91 Å². The van der Waals surface area contributed by atoms with E-state index < -0.39 is 0 Å². The van der Waals surface area contributed by atoms with Crippen LogP contribution >= 0.6 is 24.0 Å². The molecule has 10 heteroatoms. The van der Waals surface area contributed by atoms with Crippen LogP contribution in [0.15, 0.2) is 17.1 Å². The maximum Gasteiger partial charge on any atom is 0.409 e. The number of nitrogens with zero attached hydrogens (tertiary/aromatic N) is 4. The minimum Gasteiger partial charge on any atom is -0.450 e. The summed E-state index contributed by atoms with van der Waals surface area (Å²) in [5, 5.41) is 7.03. The van der Waals surface area contributed by atoms with Crippen molar-refractivity contribution in [3.05, 3.63) is 12.2 Å². The van der Waals surface area contributed by atoms with Crippen molar-refractivity contribution in [3.63, 3.8) is 0 Å². The highest BCUT2D eigenvalue weighted by Gasteiger charge is 2.25. The molecule has 0 unspecified atom stereocenters. The lowest BCUT2D eigenvalue weighted by molar-refractivity contribution is -0.127. The number of nitrogens with one attached hydrogen (secondary N) is 2. The molecule has 0 aromatic heterocycles. The number of guanidine groups is 1. The van der Waals surface area contributed by atoms with E-state index >= 15 is 0 Å². The molecule has 0 atom stereocenters. The van der Waals surface area contributed by atoms with E-state index in [2.05, 4.69) is 34.0 Å². The predicted molar refractivity (Wildman–Crippen MR) is 139 cm³/mol. The summed E-state index contributed by atoms with van der Waals surface area (Å²) in [6.07, 6.45) is 3.44. The van der Waals surface area contributed by atoms with Gasteiger partial charge in [0.05, 0.1) is 6.61 Å². The number of carbonyl (C=O) groups is 2. The Morgan fingerprint density at radius 1 is 1.06 bits per heavy atom. The molecule has 2 aliphatic heterocycles. The van der Waals surface area contributed by atoms with Crippen molar-refractivity contribution in [1.29, 1.82) is 0 Å². The van der Waals surface area contributed by atoms with Crippen LogP contribution in [-0.4, -0.2) is 105 Å². The summed E-state index contributed by atoms with van der Waals surface area (Å²) in [6, 6.07) is 0.525. The van der Waals surface area contributed by atoms with Gasteiger partial charge in [-0.1, -0.05) is 12.2 Å². The number of amides is 2. The molecule has 2 fully saturated rings. The van der Waals surface area contributed by atoms with Crippen molar-refractivity contribution < 1.29 is 14.3 Å². The van der Waals surface area contributed by atoms with E-state index in [1.807, 2.05) is 6.92 Å². The Labute approximate surface area is 210 Å². The van der Waals surface area contributed by atoms with Crippen LogP contribution in [0, 0.1) is 0 Å². The number of aliphatic imine (C=N–C) groups is 1. The monoisotopic (exact) mass is 564 g/mol. The van der Waals surface area contributed by atoms with Crippen LogP contribution in [-0.2, 0) is 9.53 Å². The first-order valence-electron chi connectivity index (χ1n) is 11.3. The minimum atomic E-state index is -0.244. The van der Waals surface area contributed by atoms with E-state index in [1.54, 1.807) is 23.9 Å². The summed E-state index contributed by atoms with van der Waals surface area (Å²) in [6.45, 7) is 12.7. The number of rotatable bonds is 7. The molecular formula is C22H41IN6O3. The molecule has 2 saturated heterocycles. The standard InChI is InChI=1S/C22H40N6O3.HI/c1-6-31-22(30)28-13-9-19(10-14-28)25-21(23-15-20(29)26(4)5)24-18-7-11-27(12-8-18)16-17(2)3;/h18-19H,2,6-16H2,1,3-5H3,(H2,23,24,25);1H. The van der Waals surface area contributed by atoms with Crippen molar-refractivity contribution in [2.75, 3.05) is 60.0 Å². The molecule has 0 spiro atoms. The Morgan fingerprint density at radius 3 is 2.06 bits per heavy atom. The summed E-state index contributed by atoms with van der Waals surface area (Å²) in [7, 11) is 3.47. The normalized spacial score (nSPS) is 18.5. The number of piperidine rings is 2. The van der Waals surface area contributed by atoms with Gasteiger partial charge in [-0.15, -0.1) is 24.0 Å². The number of hydrogen-bond acceptors (Lipinski definition) is 5. The highest BCUT2D eigenvalue weighted by Crippen LogP contribution is 2.13. The Hall–Kier alpha value is -1.56. The first kappa shape index (κ1) is 28.5. The highest BCUT2D eigenvalue weighted by molar-refractivity contribution is 14.0. The molecule has 32 heavy (non-hydrogen) atoms. The van der Waals surface area contributed by atoms with Gasteiger partial charge in [0.15, 0.2) is 5.96 Å². The topological polar surface area (TPSA) is 89.5 Å². The molecule has 2 amide bonds. The molecule has 2 heterocycles. The summed E-state index contributed by atoms with van der Waals surface area (Å²) >= 11 is 0. The van der Waals surface area contributed by atoms with E-state index in [1.165, 1.54) is 5.57 Å². The largest absolute Gasteiger partial charge is 0.450 e. The van der Waals surface area contributed by atoms with Crippen LogP contribution in [0.1, 0.15) is 39.5 Å². The van der Waals surface area contributed by atoms with Crippen molar-refractivity contribution in [1.82, 2.24) is 25.3 Å². The van der Waals surface area contributed by atoms with Crippen LogP contribution in [0.2, 0.25) is 0 Å². The fourth-order valence-corrected chi connectivity index (χ4v) is 3.85. The van der Waals surface area contributed by atoms with E-state index in [0.29, 0.717) is 31.7 Å². The number of carbonyl (C=O) groups excluding carboxylic acids is 2. The number of ether oxygens (including phenoxy) is 1. The van der Waals surface area contributed by atoms with E-state index in [4.69, 9.17) is 4.74 Å². The lowest BCUT2D eigenvalue weighted by Crippen LogP contribution is -2.53. The van der Waals surface area contributed by atoms with Gasteiger partial charge in [-0.3, -0.25) is 9.69 Å². The molecule has 9 nitrogen and oxygen atoms in total. The third kappa shape index (κ3) is 9.93. The second-order valence-corrected chi connectivity index (χ2v) is 8.71. The number of likely N-dealkylation sites (N-methyl/N-ethyl adjacent to an activating group) is 1. The second-order valence-electron chi connectivity index (χ2n) is 8.71. The zero-order chi connectivity index (χ0) is 22.8. The zero-order valence-corrected chi connectivity index (χ0v) is 22.4. The number of hydrogen-bond donors (Lipinski definition) is 2. The van der Waals surface area contributed by atoms with Crippen LogP contribution in [0.25, 0.3) is 0 Å². The van der Waals surface area contributed by atoms with Gasteiger partial charge in [-0.05, 0) is 39.5 Å². The van der Waals surface area contributed by atoms with Gasteiger partial charge < -0.3 is 25.2 Å². The van der Waals surface area contributed by atoms with Crippen LogP contribution in [0.5, 0.6) is 0 Å². The molecule has 0 bridgehead atoms. The maximum atomic E-state index is 12.0. The van der Waals surface area contributed by atoms with Crippen molar-refractivity contribution in [3.8, 4) is 0 Å². The minimum absolute atomic E-state index is 0. The van der Waals surface area contributed by atoms with Crippen molar-refractivity contribution in [2.45, 2.75) is 51.6 Å².